The molecule has 6 rings (SSSR count). The van der Waals surface area contributed by atoms with E-state index >= 15 is 0 Å². The molecule has 0 radical (unpaired) electrons. The minimum atomic E-state index is -0.507. The van der Waals surface area contributed by atoms with E-state index in [1.807, 2.05) is 0 Å². The molecule has 1 amide bonds. The molecule has 0 aliphatic carbocycles. The highest BCUT2D eigenvalue weighted by Gasteiger charge is 2.44. The Bertz CT molecular complexity index is 1560. The van der Waals surface area contributed by atoms with Crippen LogP contribution in [-0.4, -0.2) is 69.7 Å². The number of aromatic nitrogens is 6. The molecule has 3 N–H and O–H groups in total. The highest BCUT2D eigenvalue weighted by molar-refractivity contribution is 6.00. The topological polar surface area (TPSA) is 145 Å². The average Bonchev–Trinajstić information content (AvgIpc) is 3.56. The molecule has 2 unspecified atom stereocenters. The quantitative estimate of drug-likeness (QED) is 0.383. The number of ketones is 1. The molecule has 11 nitrogen and oxygen atoms in total. The van der Waals surface area contributed by atoms with Crippen LogP contribution in [0.15, 0.2) is 30.7 Å². The Kier molecular flexibility index (Phi) is 5.71. The number of hydrogen-bond acceptors (Lipinski definition) is 8. The standard InChI is InChI=1S/C26H27FN8O3/c1-13(37)22-23(15-7-16-4-5-17(8-15)34(16)21(38)12-36)31-26-18(10-30-35(26)25(22)28)14-3-6-20(29-9-14)24-19(27)11-33(2)32-24/h3,6,9-11,15-17,36H,4-5,7-8,12,28H2,1-2H3. The number of aliphatic hydroxyl groups is 1. The van der Waals surface area contributed by atoms with E-state index < -0.39 is 12.4 Å². The van der Waals surface area contributed by atoms with Gasteiger partial charge in [0.1, 0.15) is 18.1 Å². The molecule has 0 saturated carbocycles. The Morgan fingerprint density at radius 3 is 2.50 bits per heavy atom. The number of carbonyl (C=O) groups excluding carboxylic acids is 2. The summed E-state index contributed by atoms with van der Waals surface area (Å²) in [7, 11) is 1.64. The van der Waals surface area contributed by atoms with Crippen molar-refractivity contribution in [1.82, 2.24) is 34.3 Å². The fourth-order valence-electron chi connectivity index (χ4n) is 6.11. The second-order valence-electron chi connectivity index (χ2n) is 10.1. The number of nitrogen functional groups attached to an aromatic ring is 1. The molecule has 0 aromatic carbocycles. The number of halogens is 1. The molecule has 2 aliphatic rings. The number of amides is 1. The molecule has 2 fully saturated rings. The number of nitrogens with zero attached hydrogens (tertiary/aromatic N) is 7. The highest BCUT2D eigenvalue weighted by atomic mass is 19.1. The number of hydrogen-bond donors (Lipinski definition) is 2. The van der Waals surface area contributed by atoms with Crippen molar-refractivity contribution in [2.24, 2.45) is 7.05 Å². The van der Waals surface area contributed by atoms with Gasteiger partial charge in [-0.2, -0.15) is 14.7 Å². The molecule has 2 aliphatic heterocycles. The Morgan fingerprint density at radius 2 is 1.92 bits per heavy atom. The molecule has 38 heavy (non-hydrogen) atoms. The van der Waals surface area contributed by atoms with Gasteiger partial charge in [-0.25, -0.2) is 9.37 Å². The fourth-order valence-corrected chi connectivity index (χ4v) is 6.11. The van der Waals surface area contributed by atoms with Gasteiger partial charge in [0.05, 0.1) is 29.3 Å². The van der Waals surface area contributed by atoms with Crippen molar-refractivity contribution in [3.63, 3.8) is 0 Å². The molecular formula is C26H27FN8O3. The Labute approximate surface area is 217 Å². The minimum Gasteiger partial charge on any atom is -0.387 e. The summed E-state index contributed by atoms with van der Waals surface area (Å²) < 4.78 is 17.0. The zero-order valence-electron chi connectivity index (χ0n) is 21.0. The zero-order valence-corrected chi connectivity index (χ0v) is 21.0. The Balaban J connectivity index is 1.41. The normalized spacial score (nSPS) is 20.8. The van der Waals surface area contributed by atoms with Gasteiger partial charge in [-0.1, -0.05) is 6.07 Å². The minimum absolute atomic E-state index is 0.00873. The predicted octanol–water partition coefficient (Wildman–Crippen LogP) is 2.34. The smallest absolute Gasteiger partial charge is 0.248 e. The van der Waals surface area contributed by atoms with E-state index in [0.717, 1.165) is 12.8 Å². The van der Waals surface area contributed by atoms with Crippen LogP contribution in [0.5, 0.6) is 0 Å². The number of carbonyl (C=O) groups is 2. The van der Waals surface area contributed by atoms with Gasteiger partial charge in [0.25, 0.3) is 0 Å². The molecule has 2 bridgehead atoms. The van der Waals surface area contributed by atoms with Crippen LogP contribution in [0.25, 0.3) is 28.2 Å². The van der Waals surface area contributed by atoms with E-state index in [2.05, 4.69) is 15.2 Å². The number of aliphatic hydroxyl groups excluding tert-OH is 1. The summed E-state index contributed by atoms with van der Waals surface area (Å²) in [6, 6.07) is 3.46. The van der Waals surface area contributed by atoms with Gasteiger partial charge in [-0.3, -0.25) is 19.3 Å². The van der Waals surface area contributed by atoms with Gasteiger partial charge >= 0.3 is 0 Å². The number of Topliss-reactive ketones (excluding diaryl/α,β-unsaturated/α-hetero) is 1. The number of aryl methyl sites for hydroxylation is 1. The van der Waals surface area contributed by atoms with Gasteiger partial charge < -0.3 is 15.7 Å². The predicted molar refractivity (Wildman–Crippen MR) is 136 cm³/mol. The van der Waals surface area contributed by atoms with Crippen LogP contribution in [0.4, 0.5) is 10.2 Å². The van der Waals surface area contributed by atoms with E-state index in [1.165, 1.54) is 22.3 Å². The number of nitrogens with two attached hydrogens (primary N) is 1. The average molecular weight is 519 g/mol. The summed E-state index contributed by atoms with van der Waals surface area (Å²) in [5.41, 5.74) is 9.87. The molecular weight excluding hydrogens is 491 g/mol. The molecule has 0 spiro atoms. The molecule has 196 valence electrons. The summed E-state index contributed by atoms with van der Waals surface area (Å²) in [4.78, 5) is 36.2. The highest BCUT2D eigenvalue weighted by Crippen LogP contribution is 2.44. The van der Waals surface area contributed by atoms with Crippen molar-refractivity contribution in [3.8, 4) is 22.5 Å². The van der Waals surface area contributed by atoms with Gasteiger partial charge in [-0.15, -0.1) is 0 Å². The monoisotopic (exact) mass is 518 g/mol. The fraction of sp³-hybridized carbons (Fsp3) is 0.385. The lowest BCUT2D eigenvalue weighted by atomic mass is 9.85. The van der Waals surface area contributed by atoms with Crippen LogP contribution < -0.4 is 5.73 Å². The van der Waals surface area contributed by atoms with Crippen molar-refractivity contribution in [2.45, 2.75) is 50.6 Å². The summed E-state index contributed by atoms with van der Waals surface area (Å²) in [5.74, 6) is -0.777. The van der Waals surface area contributed by atoms with E-state index in [0.29, 0.717) is 46.6 Å². The maximum Gasteiger partial charge on any atom is 0.248 e. The first kappa shape index (κ1) is 24.2. The molecule has 2 atom stereocenters. The molecule has 4 aromatic rings. The Hall–Kier alpha value is -4.19. The summed E-state index contributed by atoms with van der Waals surface area (Å²) in [6.07, 6.45) is 7.50. The number of fused-ring (bicyclic) bond motifs is 3. The maximum atomic E-state index is 14.2. The number of rotatable bonds is 5. The van der Waals surface area contributed by atoms with Crippen LogP contribution in [0.2, 0.25) is 0 Å². The van der Waals surface area contributed by atoms with E-state index in [-0.39, 0.29) is 41.2 Å². The second-order valence-corrected chi connectivity index (χ2v) is 10.1. The number of pyridine rings is 1. The molecule has 2 saturated heterocycles. The molecule has 12 heteroatoms. The van der Waals surface area contributed by atoms with Crippen molar-refractivity contribution >= 4 is 23.2 Å². The third-order valence-electron chi connectivity index (χ3n) is 7.71. The van der Waals surface area contributed by atoms with Crippen LogP contribution in [0, 0.1) is 5.82 Å². The first-order chi connectivity index (χ1) is 18.3. The van der Waals surface area contributed by atoms with Crippen LogP contribution in [0.1, 0.15) is 54.6 Å². The number of anilines is 1. The van der Waals surface area contributed by atoms with Crippen LogP contribution in [-0.2, 0) is 11.8 Å². The van der Waals surface area contributed by atoms with E-state index in [1.54, 1.807) is 36.5 Å². The van der Waals surface area contributed by atoms with Gasteiger partial charge in [0.15, 0.2) is 17.2 Å². The van der Waals surface area contributed by atoms with Gasteiger partial charge in [0, 0.05) is 42.4 Å². The summed E-state index contributed by atoms with van der Waals surface area (Å²) >= 11 is 0. The van der Waals surface area contributed by atoms with Crippen molar-refractivity contribution in [1.29, 1.82) is 0 Å². The van der Waals surface area contributed by atoms with Gasteiger partial charge in [-0.05, 0) is 38.7 Å². The second kappa shape index (κ2) is 8.98. The lowest BCUT2D eigenvalue weighted by Gasteiger charge is -2.39. The number of piperidine rings is 1. The zero-order chi connectivity index (χ0) is 26.7. The maximum absolute atomic E-state index is 14.2. The first-order valence-electron chi connectivity index (χ1n) is 12.5. The summed E-state index contributed by atoms with van der Waals surface area (Å²) in [6.45, 7) is 0.956. The third-order valence-corrected chi connectivity index (χ3v) is 7.71. The summed E-state index contributed by atoms with van der Waals surface area (Å²) in [5, 5.41) is 17.9. The SMILES string of the molecule is CC(=O)c1c(C2CC3CCC(C2)N3C(=O)CO)nc2c(-c3ccc(-c4nn(C)cc4F)nc3)cnn2c1N. The largest absolute Gasteiger partial charge is 0.387 e. The lowest BCUT2D eigenvalue weighted by Crippen LogP contribution is -2.47. The van der Waals surface area contributed by atoms with Crippen molar-refractivity contribution in [3.05, 3.63) is 47.8 Å². The molecule has 6 heterocycles. The van der Waals surface area contributed by atoms with E-state index in [4.69, 9.17) is 10.7 Å². The third kappa shape index (κ3) is 3.74. The molecule has 4 aromatic heterocycles. The first-order valence-corrected chi connectivity index (χ1v) is 12.5. The van der Waals surface area contributed by atoms with Crippen LogP contribution in [0.3, 0.4) is 0 Å². The van der Waals surface area contributed by atoms with Crippen molar-refractivity contribution in [2.75, 3.05) is 12.3 Å². The lowest BCUT2D eigenvalue weighted by molar-refractivity contribution is -0.138. The van der Waals surface area contributed by atoms with Crippen LogP contribution >= 0.6 is 0 Å². The van der Waals surface area contributed by atoms with Gasteiger partial charge in [0.2, 0.25) is 5.91 Å². The van der Waals surface area contributed by atoms with Crippen molar-refractivity contribution < 1.29 is 19.1 Å². The van der Waals surface area contributed by atoms with E-state index in [9.17, 15) is 19.1 Å². The Morgan fingerprint density at radius 1 is 1.18 bits per heavy atom.